The lowest BCUT2D eigenvalue weighted by atomic mass is 10.0. The van der Waals surface area contributed by atoms with Gasteiger partial charge < -0.3 is 0 Å². The van der Waals surface area contributed by atoms with Gasteiger partial charge in [-0.2, -0.15) is 0 Å². The average Bonchev–Trinajstić information content (AvgIpc) is 3.07. The van der Waals surface area contributed by atoms with Crippen LogP contribution < -0.4 is 4.31 Å². The lowest BCUT2D eigenvalue weighted by Crippen LogP contribution is -2.29. The second kappa shape index (κ2) is 6.01. The molecular weight excluding hydrogens is 332 g/mol. The number of rotatable bonds is 3. The van der Waals surface area contributed by atoms with Gasteiger partial charge in [0.05, 0.1) is 10.6 Å². The summed E-state index contributed by atoms with van der Waals surface area (Å²) in [5.74, 6) is 0. The van der Waals surface area contributed by atoms with Crippen LogP contribution >= 0.6 is 0 Å². The summed E-state index contributed by atoms with van der Waals surface area (Å²) in [4.78, 5) is 4.38. The molecule has 1 aliphatic rings. The Morgan fingerprint density at radius 1 is 0.920 bits per heavy atom. The number of fused-ring (bicyclic) bond motifs is 1. The Hall–Kier alpha value is -2.66. The van der Waals surface area contributed by atoms with E-state index in [0.717, 1.165) is 34.4 Å². The van der Waals surface area contributed by atoms with E-state index in [0.29, 0.717) is 11.4 Å². The largest absolute Gasteiger partial charge is 0.266 e. The molecule has 0 unspecified atom stereocenters. The minimum absolute atomic E-state index is 0.337. The number of sulfonamides is 1. The highest BCUT2D eigenvalue weighted by atomic mass is 32.2. The van der Waals surface area contributed by atoms with Crippen molar-refractivity contribution in [2.45, 2.75) is 18.2 Å². The predicted molar refractivity (Wildman–Crippen MR) is 99.1 cm³/mol. The molecule has 4 rings (SSSR count). The van der Waals surface area contributed by atoms with Gasteiger partial charge in [-0.05, 0) is 66.4 Å². The van der Waals surface area contributed by atoms with Crippen molar-refractivity contribution >= 4 is 15.7 Å². The van der Waals surface area contributed by atoms with Crippen LogP contribution in [0.2, 0.25) is 0 Å². The second-order valence-electron chi connectivity index (χ2n) is 6.22. The smallest absolute Gasteiger partial charge is 0.264 e. The molecule has 5 heteroatoms. The Bertz CT molecular complexity index is 1010. The van der Waals surface area contributed by atoms with Gasteiger partial charge in [0.15, 0.2) is 0 Å². The third-order valence-corrected chi connectivity index (χ3v) is 6.38. The van der Waals surface area contributed by atoms with Crippen LogP contribution in [0.15, 0.2) is 71.9 Å². The molecule has 126 valence electrons. The van der Waals surface area contributed by atoms with Crippen LogP contribution in [0.5, 0.6) is 0 Å². The zero-order chi connectivity index (χ0) is 17.4. The van der Waals surface area contributed by atoms with Gasteiger partial charge in [-0.25, -0.2) is 8.42 Å². The minimum atomic E-state index is -3.52. The van der Waals surface area contributed by atoms with E-state index >= 15 is 0 Å². The lowest BCUT2D eigenvalue weighted by Gasteiger charge is -2.20. The maximum absolute atomic E-state index is 13.0. The Morgan fingerprint density at radius 2 is 1.64 bits per heavy atom. The number of benzene rings is 2. The molecule has 0 fully saturated rings. The summed E-state index contributed by atoms with van der Waals surface area (Å²) in [6.45, 7) is 2.42. The van der Waals surface area contributed by atoms with E-state index in [4.69, 9.17) is 0 Å². The number of aromatic nitrogens is 1. The van der Waals surface area contributed by atoms with Crippen molar-refractivity contribution in [2.24, 2.45) is 0 Å². The summed E-state index contributed by atoms with van der Waals surface area (Å²) < 4.78 is 27.5. The van der Waals surface area contributed by atoms with E-state index in [2.05, 4.69) is 11.1 Å². The van der Waals surface area contributed by atoms with E-state index in [1.165, 1.54) is 4.31 Å². The van der Waals surface area contributed by atoms with E-state index in [1.54, 1.807) is 24.5 Å². The van der Waals surface area contributed by atoms with Gasteiger partial charge in [0.2, 0.25) is 0 Å². The lowest BCUT2D eigenvalue weighted by molar-refractivity contribution is 0.592. The highest BCUT2D eigenvalue weighted by Crippen LogP contribution is 2.35. The molecule has 0 saturated heterocycles. The van der Waals surface area contributed by atoms with Crippen LogP contribution in [0.4, 0.5) is 5.69 Å². The molecule has 0 N–H and O–H groups in total. The number of hydrogen-bond acceptors (Lipinski definition) is 3. The molecule has 0 spiro atoms. The molecule has 1 aliphatic heterocycles. The van der Waals surface area contributed by atoms with Crippen LogP contribution in [-0.4, -0.2) is 19.9 Å². The van der Waals surface area contributed by atoms with Crippen LogP contribution in [0.1, 0.15) is 11.1 Å². The number of hydrogen-bond donors (Lipinski definition) is 0. The van der Waals surface area contributed by atoms with Crippen LogP contribution in [-0.2, 0) is 16.4 Å². The summed E-state index contributed by atoms with van der Waals surface area (Å²) in [6, 6.07) is 16.9. The van der Waals surface area contributed by atoms with E-state index in [-0.39, 0.29) is 0 Å². The minimum Gasteiger partial charge on any atom is -0.266 e. The van der Waals surface area contributed by atoms with Crippen molar-refractivity contribution in [1.82, 2.24) is 4.98 Å². The third kappa shape index (κ3) is 2.81. The van der Waals surface area contributed by atoms with Crippen molar-refractivity contribution in [3.05, 3.63) is 78.1 Å². The first-order valence-electron chi connectivity index (χ1n) is 8.18. The van der Waals surface area contributed by atoms with Gasteiger partial charge >= 0.3 is 0 Å². The first kappa shape index (κ1) is 15.8. The quantitative estimate of drug-likeness (QED) is 0.722. The average molecular weight is 350 g/mol. The molecule has 2 aromatic carbocycles. The molecule has 3 aromatic rings. The third-order valence-electron chi connectivity index (χ3n) is 4.56. The maximum Gasteiger partial charge on any atom is 0.264 e. The van der Waals surface area contributed by atoms with Crippen LogP contribution in [0.3, 0.4) is 0 Å². The fourth-order valence-corrected chi connectivity index (χ4v) is 4.69. The molecule has 0 bridgehead atoms. The molecule has 0 atom stereocenters. The standard InChI is InChI=1S/C20H18N2O2S/c1-15-2-5-19(6-3-15)25(23,24)22-13-10-18-14-17(4-7-20(18)22)16-8-11-21-12-9-16/h2-9,11-12,14H,10,13H2,1H3. The van der Waals surface area contributed by atoms with E-state index in [9.17, 15) is 8.42 Å². The molecule has 0 aliphatic carbocycles. The van der Waals surface area contributed by atoms with E-state index < -0.39 is 10.0 Å². The SMILES string of the molecule is Cc1ccc(S(=O)(=O)N2CCc3cc(-c4ccncc4)ccc32)cc1. The van der Waals surface area contributed by atoms with Crippen molar-refractivity contribution in [3.8, 4) is 11.1 Å². The van der Waals surface area contributed by atoms with Crippen molar-refractivity contribution < 1.29 is 8.42 Å². The van der Waals surface area contributed by atoms with Gasteiger partial charge in [-0.15, -0.1) is 0 Å². The number of nitrogens with zero attached hydrogens (tertiary/aromatic N) is 2. The summed E-state index contributed by atoms with van der Waals surface area (Å²) in [6.07, 6.45) is 4.24. The summed E-state index contributed by atoms with van der Waals surface area (Å²) in [5, 5.41) is 0. The Balaban J connectivity index is 1.72. The second-order valence-corrected chi connectivity index (χ2v) is 8.08. The molecule has 2 heterocycles. The Labute approximate surface area is 147 Å². The first-order chi connectivity index (χ1) is 12.1. The monoisotopic (exact) mass is 350 g/mol. The molecule has 0 amide bonds. The molecule has 4 nitrogen and oxygen atoms in total. The summed E-state index contributed by atoms with van der Waals surface area (Å²) in [5.41, 5.74) is 5.04. The van der Waals surface area contributed by atoms with Gasteiger partial charge in [-0.1, -0.05) is 23.8 Å². The highest BCUT2D eigenvalue weighted by molar-refractivity contribution is 7.92. The zero-order valence-electron chi connectivity index (χ0n) is 13.9. The Kier molecular flexibility index (Phi) is 3.81. The molecule has 0 saturated carbocycles. The van der Waals surface area contributed by atoms with Gasteiger partial charge in [0, 0.05) is 18.9 Å². The zero-order valence-corrected chi connectivity index (χ0v) is 14.7. The Morgan fingerprint density at radius 3 is 2.36 bits per heavy atom. The molecule has 1 aromatic heterocycles. The highest BCUT2D eigenvalue weighted by Gasteiger charge is 2.30. The van der Waals surface area contributed by atoms with Gasteiger partial charge in [0.25, 0.3) is 10.0 Å². The van der Waals surface area contributed by atoms with Crippen LogP contribution in [0.25, 0.3) is 11.1 Å². The normalized spacial score (nSPS) is 13.7. The van der Waals surface area contributed by atoms with Gasteiger partial charge in [0.1, 0.15) is 0 Å². The number of aryl methyl sites for hydroxylation is 1. The molecular formula is C20H18N2O2S. The fraction of sp³-hybridized carbons (Fsp3) is 0.150. The van der Waals surface area contributed by atoms with E-state index in [1.807, 2.05) is 43.3 Å². The summed E-state index contributed by atoms with van der Waals surface area (Å²) >= 11 is 0. The molecule has 25 heavy (non-hydrogen) atoms. The van der Waals surface area contributed by atoms with Crippen molar-refractivity contribution in [1.29, 1.82) is 0 Å². The van der Waals surface area contributed by atoms with Gasteiger partial charge in [-0.3, -0.25) is 9.29 Å². The van der Waals surface area contributed by atoms with Crippen molar-refractivity contribution in [3.63, 3.8) is 0 Å². The first-order valence-corrected chi connectivity index (χ1v) is 9.62. The number of anilines is 1. The number of pyridine rings is 1. The fourth-order valence-electron chi connectivity index (χ4n) is 3.18. The topological polar surface area (TPSA) is 50.3 Å². The molecule has 0 radical (unpaired) electrons. The summed E-state index contributed by atoms with van der Waals surface area (Å²) in [7, 11) is -3.52. The van der Waals surface area contributed by atoms with Crippen LogP contribution in [0, 0.1) is 6.92 Å². The predicted octanol–water partition coefficient (Wildman–Crippen LogP) is 3.81. The maximum atomic E-state index is 13.0. The van der Waals surface area contributed by atoms with Crippen molar-refractivity contribution in [2.75, 3.05) is 10.8 Å².